The zero-order valence-corrected chi connectivity index (χ0v) is 11.2. The average molecular weight is 274 g/mol. The SMILES string of the molecule is Cc1cc(F)c2ncc(C(=O)N3CCOCC3)cc2c1. The van der Waals surface area contributed by atoms with Gasteiger partial charge in [-0.1, -0.05) is 0 Å². The predicted octanol–water partition coefficient (Wildman–Crippen LogP) is 2.15. The number of ether oxygens (including phenoxy) is 1. The summed E-state index contributed by atoms with van der Waals surface area (Å²) in [6.07, 6.45) is 1.44. The molecule has 1 fully saturated rings. The van der Waals surface area contributed by atoms with E-state index in [1.807, 2.05) is 13.0 Å². The van der Waals surface area contributed by atoms with Crippen molar-refractivity contribution in [1.29, 1.82) is 0 Å². The molecule has 0 bridgehead atoms. The van der Waals surface area contributed by atoms with Crippen LogP contribution >= 0.6 is 0 Å². The van der Waals surface area contributed by atoms with Crippen molar-refractivity contribution in [1.82, 2.24) is 9.88 Å². The number of morpholine rings is 1. The quantitative estimate of drug-likeness (QED) is 0.800. The molecule has 0 spiro atoms. The molecule has 5 heteroatoms. The Bertz CT molecular complexity index is 666. The van der Waals surface area contributed by atoms with Crippen LogP contribution in [-0.4, -0.2) is 42.1 Å². The first kappa shape index (κ1) is 13.0. The number of nitrogens with zero attached hydrogens (tertiary/aromatic N) is 2. The van der Waals surface area contributed by atoms with Gasteiger partial charge in [-0.25, -0.2) is 4.39 Å². The Labute approximate surface area is 116 Å². The van der Waals surface area contributed by atoms with Gasteiger partial charge in [0, 0.05) is 24.7 Å². The molecule has 4 nitrogen and oxygen atoms in total. The largest absolute Gasteiger partial charge is 0.378 e. The number of carbonyl (C=O) groups is 1. The van der Waals surface area contributed by atoms with Gasteiger partial charge in [0.1, 0.15) is 11.3 Å². The van der Waals surface area contributed by atoms with Crippen molar-refractivity contribution < 1.29 is 13.9 Å². The summed E-state index contributed by atoms with van der Waals surface area (Å²) in [7, 11) is 0. The number of fused-ring (bicyclic) bond motifs is 1. The predicted molar refractivity (Wildman–Crippen MR) is 73.2 cm³/mol. The van der Waals surface area contributed by atoms with E-state index in [0.717, 1.165) is 5.56 Å². The first-order chi connectivity index (χ1) is 9.65. The Hall–Kier alpha value is -2.01. The van der Waals surface area contributed by atoms with Crippen molar-refractivity contribution in [2.45, 2.75) is 6.92 Å². The molecule has 0 aliphatic carbocycles. The number of aryl methyl sites for hydroxylation is 1. The number of aromatic nitrogens is 1. The highest BCUT2D eigenvalue weighted by atomic mass is 19.1. The molecule has 0 N–H and O–H groups in total. The van der Waals surface area contributed by atoms with E-state index in [1.54, 1.807) is 11.0 Å². The first-order valence-corrected chi connectivity index (χ1v) is 6.58. The van der Waals surface area contributed by atoms with Gasteiger partial charge in [-0.05, 0) is 30.7 Å². The fourth-order valence-electron chi connectivity index (χ4n) is 2.41. The summed E-state index contributed by atoms with van der Waals surface area (Å²) in [5.41, 5.74) is 1.60. The molecular formula is C15H15FN2O2. The molecule has 104 valence electrons. The van der Waals surface area contributed by atoms with Gasteiger partial charge in [-0.3, -0.25) is 9.78 Å². The third-order valence-corrected chi connectivity index (χ3v) is 3.43. The number of hydrogen-bond donors (Lipinski definition) is 0. The van der Waals surface area contributed by atoms with Gasteiger partial charge in [0.05, 0.1) is 18.8 Å². The molecule has 2 aromatic rings. The van der Waals surface area contributed by atoms with Crippen LogP contribution in [-0.2, 0) is 4.74 Å². The minimum atomic E-state index is -0.356. The molecule has 1 aliphatic heterocycles. The average Bonchev–Trinajstić information content (AvgIpc) is 2.46. The first-order valence-electron chi connectivity index (χ1n) is 6.58. The Morgan fingerprint density at radius 1 is 1.30 bits per heavy atom. The van der Waals surface area contributed by atoms with Gasteiger partial charge in [0.2, 0.25) is 0 Å². The van der Waals surface area contributed by atoms with E-state index < -0.39 is 0 Å². The van der Waals surface area contributed by atoms with Crippen LogP contribution in [0.4, 0.5) is 4.39 Å². The summed E-state index contributed by atoms with van der Waals surface area (Å²) >= 11 is 0. The highest BCUT2D eigenvalue weighted by Crippen LogP contribution is 2.20. The molecule has 0 atom stereocenters. The molecule has 3 rings (SSSR count). The Morgan fingerprint density at radius 3 is 2.80 bits per heavy atom. The second-order valence-corrected chi connectivity index (χ2v) is 4.95. The normalized spacial score (nSPS) is 15.6. The number of halogens is 1. The number of carbonyl (C=O) groups excluding carboxylic acids is 1. The fourth-order valence-corrected chi connectivity index (χ4v) is 2.41. The summed E-state index contributed by atoms with van der Waals surface area (Å²) in [5.74, 6) is -0.435. The zero-order chi connectivity index (χ0) is 14.1. The summed E-state index contributed by atoms with van der Waals surface area (Å²) in [6, 6.07) is 4.98. The maximum Gasteiger partial charge on any atom is 0.255 e. The van der Waals surface area contributed by atoms with Crippen LogP contribution in [0.1, 0.15) is 15.9 Å². The topological polar surface area (TPSA) is 42.4 Å². The number of hydrogen-bond acceptors (Lipinski definition) is 3. The van der Waals surface area contributed by atoms with Crippen molar-refractivity contribution >= 4 is 16.8 Å². The van der Waals surface area contributed by atoms with E-state index in [2.05, 4.69) is 4.98 Å². The molecule has 0 unspecified atom stereocenters. The van der Waals surface area contributed by atoms with Crippen LogP contribution in [0.25, 0.3) is 10.9 Å². The van der Waals surface area contributed by atoms with Gasteiger partial charge in [0.25, 0.3) is 5.91 Å². The lowest BCUT2D eigenvalue weighted by atomic mass is 10.1. The van der Waals surface area contributed by atoms with Crippen LogP contribution in [0.5, 0.6) is 0 Å². The second kappa shape index (κ2) is 5.17. The summed E-state index contributed by atoms with van der Waals surface area (Å²) < 4.78 is 19.0. The minimum absolute atomic E-state index is 0.0791. The van der Waals surface area contributed by atoms with Gasteiger partial charge >= 0.3 is 0 Å². The van der Waals surface area contributed by atoms with Gasteiger partial charge in [-0.15, -0.1) is 0 Å². The van der Waals surface area contributed by atoms with Crippen molar-refractivity contribution in [2.75, 3.05) is 26.3 Å². The van der Waals surface area contributed by atoms with Crippen molar-refractivity contribution in [2.24, 2.45) is 0 Å². The minimum Gasteiger partial charge on any atom is -0.378 e. The van der Waals surface area contributed by atoms with E-state index >= 15 is 0 Å². The number of pyridine rings is 1. The highest BCUT2D eigenvalue weighted by Gasteiger charge is 2.19. The monoisotopic (exact) mass is 274 g/mol. The Kier molecular flexibility index (Phi) is 3.36. The van der Waals surface area contributed by atoms with Crippen molar-refractivity contribution in [3.05, 3.63) is 41.3 Å². The lowest BCUT2D eigenvalue weighted by Gasteiger charge is -2.26. The van der Waals surface area contributed by atoms with E-state index in [-0.39, 0.29) is 11.7 Å². The Morgan fingerprint density at radius 2 is 2.05 bits per heavy atom. The number of rotatable bonds is 1. The summed E-state index contributed by atoms with van der Waals surface area (Å²) in [6.45, 7) is 4.10. The molecule has 1 amide bonds. The smallest absolute Gasteiger partial charge is 0.255 e. The second-order valence-electron chi connectivity index (χ2n) is 4.95. The van der Waals surface area contributed by atoms with E-state index in [4.69, 9.17) is 4.74 Å². The zero-order valence-electron chi connectivity index (χ0n) is 11.2. The Balaban J connectivity index is 1.97. The maximum atomic E-state index is 13.8. The van der Waals surface area contributed by atoms with Crippen LogP contribution < -0.4 is 0 Å². The van der Waals surface area contributed by atoms with Gasteiger partial charge < -0.3 is 9.64 Å². The van der Waals surface area contributed by atoms with E-state index in [9.17, 15) is 9.18 Å². The summed E-state index contributed by atoms with van der Waals surface area (Å²) in [4.78, 5) is 18.2. The maximum absolute atomic E-state index is 13.8. The highest BCUT2D eigenvalue weighted by molar-refractivity contribution is 5.97. The van der Waals surface area contributed by atoms with Gasteiger partial charge in [0.15, 0.2) is 0 Å². The molecule has 1 aliphatic rings. The van der Waals surface area contributed by atoms with Gasteiger partial charge in [-0.2, -0.15) is 0 Å². The van der Waals surface area contributed by atoms with Crippen molar-refractivity contribution in [3.8, 4) is 0 Å². The lowest BCUT2D eigenvalue weighted by Crippen LogP contribution is -2.40. The molecule has 20 heavy (non-hydrogen) atoms. The molecule has 1 aromatic heterocycles. The third kappa shape index (κ3) is 2.36. The molecule has 1 aromatic carbocycles. The van der Waals surface area contributed by atoms with Crippen LogP contribution in [0.15, 0.2) is 24.4 Å². The molecule has 1 saturated heterocycles. The number of amides is 1. The fraction of sp³-hybridized carbons (Fsp3) is 0.333. The van der Waals surface area contributed by atoms with Crippen LogP contribution in [0.2, 0.25) is 0 Å². The van der Waals surface area contributed by atoms with Crippen molar-refractivity contribution in [3.63, 3.8) is 0 Å². The number of benzene rings is 1. The molecule has 0 radical (unpaired) electrons. The molecular weight excluding hydrogens is 259 g/mol. The summed E-state index contributed by atoms with van der Waals surface area (Å²) in [5, 5.41) is 0.654. The van der Waals surface area contributed by atoms with Crippen LogP contribution in [0, 0.1) is 12.7 Å². The van der Waals surface area contributed by atoms with Crippen LogP contribution in [0.3, 0.4) is 0 Å². The molecule has 2 heterocycles. The molecule has 0 saturated carbocycles. The van der Waals surface area contributed by atoms with E-state index in [0.29, 0.717) is 42.8 Å². The van der Waals surface area contributed by atoms with E-state index in [1.165, 1.54) is 12.3 Å². The standard InChI is InChI=1S/C15H15FN2O2/c1-10-6-11-8-12(9-17-14(11)13(16)7-10)15(19)18-2-4-20-5-3-18/h6-9H,2-5H2,1H3. The third-order valence-electron chi connectivity index (χ3n) is 3.43. The lowest BCUT2D eigenvalue weighted by molar-refractivity contribution is 0.0302.